The number of hydrogen-bond acceptors (Lipinski definition) is 4. The van der Waals surface area contributed by atoms with E-state index in [0.29, 0.717) is 11.3 Å². The molecule has 0 aliphatic carbocycles. The summed E-state index contributed by atoms with van der Waals surface area (Å²) in [6.45, 7) is -0.238. The van der Waals surface area contributed by atoms with Crippen molar-refractivity contribution in [3.63, 3.8) is 0 Å². The fraction of sp³-hybridized carbons (Fsp3) is 0.250. The Labute approximate surface area is 109 Å². The predicted molar refractivity (Wildman–Crippen MR) is 66.4 cm³/mol. The van der Waals surface area contributed by atoms with Crippen LogP contribution >= 0.6 is 0 Å². The van der Waals surface area contributed by atoms with Crippen LogP contribution in [0.2, 0.25) is 0 Å². The smallest absolute Gasteiger partial charge is 0.325 e. The van der Waals surface area contributed by atoms with Crippen LogP contribution in [-0.2, 0) is 14.4 Å². The van der Waals surface area contributed by atoms with E-state index in [0.717, 1.165) is 0 Å². The summed E-state index contributed by atoms with van der Waals surface area (Å²) in [5.74, 6) is -1.79. The molecule has 7 nitrogen and oxygen atoms in total. The Morgan fingerprint density at radius 3 is 2.74 bits per heavy atom. The molecule has 1 aromatic carbocycles. The van der Waals surface area contributed by atoms with Gasteiger partial charge < -0.3 is 21.1 Å². The number of carboxylic acid groups (broad SMARTS) is 1. The number of nitrogens with zero attached hydrogens (tertiary/aromatic N) is 1. The van der Waals surface area contributed by atoms with E-state index in [4.69, 9.17) is 10.8 Å². The number of nitrogens with one attached hydrogen (secondary N) is 1. The number of carboxylic acids is 1. The summed E-state index contributed by atoms with van der Waals surface area (Å²) < 4.78 is 0. The molecule has 0 radical (unpaired) electrons. The van der Waals surface area contributed by atoms with Gasteiger partial charge in [-0.1, -0.05) is 18.2 Å². The number of carbonyl (C=O) groups excluding carboxylic acids is 2. The minimum absolute atomic E-state index is 0.102. The zero-order valence-electron chi connectivity index (χ0n) is 10.00. The van der Waals surface area contributed by atoms with E-state index in [1.807, 2.05) is 0 Å². The summed E-state index contributed by atoms with van der Waals surface area (Å²) in [5.41, 5.74) is 6.25. The first-order valence-corrected chi connectivity index (χ1v) is 5.65. The van der Waals surface area contributed by atoms with Crippen LogP contribution in [0.4, 0.5) is 5.69 Å². The van der Waals surface area contributed by atoms with Crippen LogP contribution in [0.25, 0.3) is 0 Å². The third kappa shape index (κ3) is 2.55. The molecule has 0 aromatic heterocycles. The van der Waals surface area contributed by atoms with Gasteiger partial charge in [-0.15, -0.1) is 0 Å². The lowest BCUT2D eigenvalue weighted by atomic mass is 10.0. The number of anilines is 1. The molecular weight excluding hydrogens is 250 g/mol. The van der Waals surface area contributed by atoms with Gasteiger partial charge in [0.2, 0.25) is 11.8 Å². The molecule has 0 spiro atoms. The number of rotatable bonds is 3. The molecule has 1 saturated heterocycles. The Bertz CT molecular complexity index is 544. The van der Waals surface area contributed by atoms with E-state index < -0.39 is 12.0 Å². The maximum atomic E-state index is 11.8. The maximum Gasteiger partial charge on any atom is 0.325 e. The fourth-order valence-electron chi connectivity index (χ4n) is 1.91. The quantitative estimate of drug-likeness (QED) is 0.663. The number of carbonyl (C=O) groups is 3. The first-order valence-electron chi connectivity index (χ1n) is 5.65. The number of hydrogen-bond donors (Lipinski definition) is 3. The molecule has 1 aliphatic heterocycles. The van der Waals surface area contributed by atoms with Crippen molar-refractivity contribution in [1.29, 1.82) is 0 Å². The van der Waals surface area contributed by atoms with Gasteiger partial charge in [0.05, 0.1) is 6.54 Å². The highest BCUT2D eigenvalue weighted by atomic mass is 16.4. The van der Waals surface area contributed by atoms with Gasteiger partial charge in [0.1, 0.15) is 12.6 Å². The molecule has 1 atom stereocenters. The fourth-order valence-corrected chi connectivity index (χ4v) is 1.91. The Balaban J connectivity index is 2.41. The number of amides is 2. The Morgan fingerprint density at radius 1 is 1.37 bits per heavy atom. The Kier molecular flexibility index (Phi) is 3.48. The minimum atomic E-state index is -1.24. The van der Waals surface area contributed by atoms with Crippen molar-refractivity contribution < 1.29 is 19.5 Å². The van der Waals surface area contributed by atoms with Crippen LogP contribution in [0.5, 0.6) is 0 Å². The van der Waals surface area contributed by atoms with E-state index in [1.54, 1.807) is 18.2 Å². The van der Waals surface area contributed by atoms with Crippen LogP contribution in [0.1, 0.15) is 11.6 Å². The average Bonchev–Trinajstić information content (AvgIpc) is 2.40. The third-order valence-corrected chi connectivity index (χ3v) is 2.87. The molecule has 2 amide bonds. The number of aliphatic carboxylic acids is 1. The van der Waals surface area contributed by atoms with Gasteiger partial charge in [-0.3, -0.25) is 14.4 Å². The van der Waals surface area contributed by atoms with Crippen molar-refractivity contribution in [2.45, 2.75) is 6.04 Å². The van der Waals surface area contributed by atoms with Gasteiger partial charge in [0, 0.05) is 11.3 Å². The van der Waals surface area contributed by atoms with Gasteiger partial charge in [-0.2, -0.15) is 0 Å². The number of piperazine rings is 1. The first-order chi connectivity index (χ1) is 9.00. The second-order valence-corrected chi connectivity index (χ2v) is 4.13. The minimum Gasteiger partial charge on any atom is -0.480 e. The van der Waals surface area contributed by atoms with Gasteiger partial charge in [0.25, 0.3) is 0 Å². The number of benzene rings is 1. The van der Waals surface area contributed by atoms with Gasteiger partial charge in [-0.25, -0.2) is 0 Å². The van der Waals surface area contributed by atoms with Crippen molar-refractivity contribution in [3.05, 3.63) is 29.8 Å². The monoisotopic (exact) mass is 263 g/mol. The van der Waals surface area contributed by atoms with E-state index in [-0.39, 0.29) is 24.9 Å². The lowest BCUT2D eigenvalue weighted by molar-refractivity contribution is -0.138. The summed E-state index contributed by atoms with van der Waals surface area (Å²) in [7, 11) is 0. The van der Waals surface area contributed by atoms with Gasteiger partial charge in [-0.05, 0) is 6.07 Å². The van der Waals surface area contributed by atoms with E-state index in [9.17, 15) is 14.4 Å². The molecule has 1 unspecified atom stereocenters. The number of para-hydroxylation sites is 1. The highest BCUT2D eigenvalue weighted by molar-refractivity contribution is 6.05. The first kappa shape index (κ1) is 13.0. The third-order valence-electron chi connectivity index (χ3n) is 2.87. The molecule has 1 aromatic rings. The molecule has 1 heterocycles. The molecule has 19 heavy (non-hydrogen) atoms. The molecule has 2 rings (SSSR count). The average molecular weight is 263 g/mol. The summed E-state index contributed by atoms with van der Waals surface area (Å²) in [6, 6.07) is 5.17. The highest BCUT2D eigenvalue weighted by Gasteiger charge is 2.28. The Hall–Kier alpha value is -2.41. The summed E-state index contributed by atoms with van der Waals surface area (Å²) in [5, 5.41) is 11.4. The predicted octanol–water partition coefficient (Wildman–Crippen LogP) is -0.766. The van der Waals surface area contributed by atoms with Crippen LogP contribution in [0, 0.1) is 0 Å². The van der Waals surface area contributed by atoms with Gasteiger partial charge in [0.15, 0.2) is 0 Å². The lowest BCUT2D eigenvalue weighted by Crippen LogP contribution is -2.52. The van der Waals surface area contributed by atoms with Crippen LogP contribution in [0.15, 0.2) is 24.3 Å². The SMILES string of the molecule is NC(C(=O)O)c1ccccc1N1CC(=O)NCC1=O. The van der Waals surface area contributed by atoms with Crippen LogP contribution in [-0.4, -0.2) is 36.0 Å². The highest BCUT2D eigenvalue weighted by Crippen LogP contribution is 2.26. The zero-order valence-corrected chi connectivity index (χ0v) is 10.00. The molecule has 4 N–H and O–H groups in total. The summed E-state index contributed by atoms with van der Waals surface area (Å²) in [6.07, 6.45) is 0. The van der Waals surface area contributed by atoms with Crippen molar-refractivity contribution in [1.82, 2.24) is 5.32 Å². The summed E-state index contributed by atoms with van der Waals surface area (Å²) >= 11 is 0. The molecule has 1 aliphatic rings. The second kappa shape index (κ2) is 5.07. The van der Waals surface area contributed by atoms with Crippen molar-refractivity contribution in [2.75, 3.05) is 18.0 Å². The van der Waals surface area contributed by atoms with Crippen molar-refractivity contribution in [3.8, 4) is 0 Å². The largest absolute Gasteiger partial charge is 0.480 e. The maximum absolute atomic E-state index is 11.8. The normalized spacial score (nSPS) is 17.0. The standard InChI is InChI=1S/C12H13N3O4/c13-11(12(18)19)7-3-1-2-4-8(7)15-6-9(16)14-5-10(15)17/h1-4,11H,5-6,13H2,(H,14,16)(H,18,19). The van der Waals surface area contributed by atoms with Crippen molar-refractivity contribution in [2.24, 2.45) is 5.73 Å². The molecule has 100 valence electrons. The molecular formula is C12H13N3O4. The Morgan fingerprint density at radius 2 is 2.05 bits per heavy atom. The van der Waals surface area contributed by atoms with Crippen LogP contribution < -0.4 is 16.0 Å². The molecule has 7 heteroatoms. The van der Waals surface area contributed by atoms with E-state index in [2.05, 4.69) is 5.32 Å². The molecule has 1 fully saturated rings. The topological polar surface area (TPSA) is 113 Å². The molecule has 0 bridgehead atoms. The number of nitrogens with two attached hydrogens (primary N) is 1. The second-order valence-electron chi connectivity index (χ2n) is 4.13. The van der Waals surface area contributed by atoms with E-state index in [1.165, 1.54) is 11.0 Å². The summed E-state index contributed by atoms with van der Waals surface area (Å²) in [4.78, 5) is 35.4. The zero-order chi connectivity index (χ0) is 14.0. The molecule has 0 saturated carbocycles. The van der Waals surface area contributed by atoms with Gasteiger partial charge >= 0.3 is 5.97 Å². The van der Waals surface area contributed by atoms with Crippen molar-refractivity contribution >= 4 is 23.5 Å². The van der Waals surface area contributed by atoms with E-state index >= 15 is 0 Å². The lowest BCUT2D eigenvalue weighted by Gasteiger charge is -2.29. The van der Waals surface area contributed by atoms with Crippen LogP contribution in [0.3, 0.4) is 0 Å².